The van der Waals surface area contributed by atoms with Crippen molar-refractivity contribution in [2.75, 3.05) is 9.80 Å². The average molecular weight is 965 g/mol. The molecule has 8 aromatic rings. The molecule has 2 heterocycles. The smallest absolute Gasteiger partial charge is 0.252 e. The van der Waals surface area contributed by atoms with Crippen LogP contribution >= 0.6 is 0 Å². The fourth-order valence-electron chi connectivity index (χ4n) is 11.4. The predicted octanol–water partition coefficient (Wildman–Crippen LogP) is 16.6. The average Bonchev–Trinajstić information content (AvgIpc) is 3.34. The number of hydrogen-bond acceptors (Lipinski definition) is 4. The number of anilines is 6. The summed E-state index contributed by atoms with van der Waals surface area (Å²) in [6.07, 6.45) is 0. The Balaban J connectivity index is 1.40. The van der Waals surface area contributed by atoms with Crippen LogP contribution < -0.4 is 26.2 Å². The number of rotatable bonds is 5. The predicted molar refractivity (Wildman–Crippen MR) is 315 cm³/mol. The quantitative estimate of drug-likeness (QED) is 0.161. The second kappa shape index (κ2) is 17.8. The number of benzene rings is 8. The number of aryl methyl sites for hydroxylation is 3. The van der Waals surface area contributed by atoms with E-state index in [9.17, 15) is 10.5 Å². The number of nitriles is 2. The summed E-state index contributed by atoms with van der Waals surface area (Å²) in [7, 11) is 0. The summed E-state index contributed by atoms with van der Waals surface area (Å²) in [6.45, 7) is 34.5. The van der Waals surface area contributed by atoms with Gasteiger partial charge in [0.05, 0.1) is 23.3 Å². The third-order valence-electron chi connectivity index (χ3n) is 15.5. The summed E-state index contributed by atoms with van der Waals surface area (Å²) in [5.74, 6) is 0. The maximum absolute atomic E-state index is 9.82. The molecular weight excluding hydrogens is 896 g/mol. The van der Waals surface area contributed by atoms with E-state index in [4.69, 9.17) is 0 Å². The highest BCUT2D eigenvalue weighted by Crippen LogP contribution is 2.50. The molecule has 8 aromatic carbocycles. The lowest BCUT2D eigenvalue weighted by atomic mass is 9.33. The van der Waals surface area contributed by atoms with Crippen LogP contribution in [0.25, 0.3) is 33.4 Å². The van der Waals surface area contributed by atoms with Crippen molar-refractivity contribution in [1.82, 2.24) is 0 Å². The van der Waals surface area contributed by atoms with Crippen LogP contribution in [0.5, 0.6) is 0 Å². The standard InChI is InChI=1S/C69H69BN4/c1-42-28-43(2)64(44(3)29-42)51-32-62-65-63(33-51)74(57-38-54(68(10,11)12)35-55(39-57)69(13,14)15)61-27-25-50(48-22-18-46(41-72)19-23-48)31-59(61)70(65)58-30-49(47-20-16-45(40-71)17-21-47)24-26-60(58)73(62)56-36-52(66(4,5)6)34-53(37-56)67(7,8)9/h16-39H,1-15H3. The SMILES string of the molecule is Cc1cc(C)c(-c2cc3c4c(c2)N(c2cc(C(C)(C)C)cc(C(C)(C)C)c2)c2ccc(-c5ccc(C#N)cc5)cc2B4c2cc(-c4ccc(C#N)cc4)ccc2N3c2cc(C(C)(C)C)cc(C(C)(C)C)c2)c(C)c1. The Bertz CT molecular complexity index is 3350. The first-order chi connectivity index (χ1) is 34.8. The highest BCUT2D eigenvalue weighted by molar-refractivity contribution is 7.00. The van der Waals surface area contributed by atoms with E-state index in [-0.39, 0.29) is 28.4 Å². The molecule has 0 radical (unpaired) electrons. The summed E-state index contributed by atoms with van der Waals surface area (Å²) in [5, 5.41) is 19.6. The van der Waals surface area contributed by atoms with Crippen LogP contribution in [0.1, 0.15) is 133 Å². The topological polar surface area (TPSA) is 54.1 Å². The van der Waals surface area contributed by atoms with E-state index < -0.39 is 0 Å². The largest absolute Gasteiger partial charge is 0.311 e. The fourth-order valence-corrected chi connectivity index (χ4v) is 11.4. The Morgan fingerprint density at radius 3 is 1.03 bits per heavy atom. The zero-order valence-electron chi connectivity index (χ0n) is 46.2. The zero-order valence-corrected chi connectivity index (χ0v) is 46.2. The first kappa shape index (κ1) is 50.0. The van der Waals surface area contributed by atoms with Gasteiger partial charge in [0.15, 0.2) is 0 Å². The van der Waals surface area contributed by atoms with Gasteiger partial charge in [-0.3, -0.25) is 0 Å². The minimum absolute atomic E-state index is 0.117. The molecule has 74 heavy (non-hydrogen) atoms. The van der Waals surface area contributed by atoms with Gasteiger partial charge < -0.3 is 9.80 Å². The second-order valence-electron chi connectivity index (χ2n) is 25.3. The van der Waals surface area contributed by atoms with Crippen LogP contribution in [-0.2, 0) is 21.7 Å². The van der Waals surface area contributed by atoms with E-state index in [2.05, 4.69) is 247 Å². The van der Waals surface area contributed by atoms with Gasteiger partial charge in [-0.25, -0.2) is 0 Å². The molecule has 0 aliphatic carbocycles. The van der Waals surface area contributed by atoms with Crippen molar-refractivity contribution in [1.29, 1.82) is 10.5 Å². The lowest BCUT2D eigenvalue weighted by Crippen LogP contribution is -2.61. The zero-order chi connectivity index (χ0) is 53.0. The van der Waals surface area contributed by atoms with Crippen molar-refractivity contribution in [3.8, 4) is 45.5 Å². The third kappa shape index (κ3) is 8.92. The van der Waals surface area contributed by atoms with Gasteiger partial charge in [0.25, 0.3) is 6.71 Å². The molecular formula is C69H69BN4. The highest BCUT2D eigenvalue weighted by atomic mass is 15.2. The lowest BCUT2D eigenvalue weighted by Gasteiger charge is -2.45. The molecule has 0 amide bonds. The van der Waals surface area contributed by atoms with Gasteiger partial charge in [-0.05, 0) is 198 Å². The Kier molecular flexibility index (Phi) is 12.0. The monoisotopic (exact) mass is 965 g/mol. The van der Waals surface area contributed by atoms with Crippen molar-refractivity contribution >= 4 is 57.2 Å². The first-order valence-electron chi connectivity index (χ1n) is 26.3. The molecule has 5 heteroatoms. The first-order valence-corrected chi connectivity index (χ1v) is 26.3. The van der Waals surface area contributed by atoms with Crippen LogP contribution in [-0.4, -0.2) is 6.71 Å². The number of nitrogens with zero attached hydrogens (tertiary/aromatic N) is 4. The highest BCUT2D eigenvalue weighted by Gasteiger charge is 2.45. The van der Waals surface area contributed by atoms with Gasteiger partial charge >= 0.3 is 0 Å². The van der Waals surface area contributed by atoms with Crippen LogP contribution in [0.2, 0.25) is 0 Å². The summed E-state index contributed by atoms with van der Waals surface area (Å²) < 4.78 is 0. The Morgan fingerprint density at radius 1 is 0.365 bits per heavy atom. The Labute approximate surface area is 442 Å². The van der Waals surface area contributed by atoms with Crippen LogP contribution in [0.4, 0.5) is 34.1 Å². The fraction of sp³-hybridized carbons (Fsp3) is 0.275. The van der Waals surface area contributed by atoms with Crippen molar-refractivity contribution in [2.24, 2.45) is 0 Å². The van der Waals surface area contributed by atoms with E-state index in [0.717, 1.165) is 56.4 Å². The Morgan fingerprint density at radius 2 is 0.703 bits per heavy atom. The second-order valence-corrected chi connectivity index (χ2v) is 25.3. The molecule has 0 saturated heterocycles. The van der Waals surface area contributed by atoms with Crippen LogP contribution in [0.15, 0.2) is 146 Å². The molecule has 4 nitrogen and oxygen atoms in total. The van der Waals surface area contributed by atoms with Crippen molar-refractivity contribution < 1.29 is 0 Å². The van der Waals surface area contributed by atoms with Crippen molar-refractivity contribution in [3.05, 3.63) is 196 Å². The van der Waals surface area contributed by atoms with Gasteiger partial charge in [-0.2, -0.15) is 10.5 Å². The van der Waals surface area contributed by atoms with Crippen LogP contribution in [0, 0.1) is 43.4 Å². The number of hydrogen-bond donors (Lipinski definition) is 0. The number of fused-ring (bicyclic) bond motifs is 4. The van der Waals surface area contributed by atoms with Gasteiger partial charge in [-0.1, -0.05) is 161 Å². The van der Waals surface area contributed by atoms with Crippen molar-refractivity contribution in [2.45, 2.75) is 126 Å². The normalized spacial score (nSPS) is 13.2. The molecule has 0 unspecified atom stereocenters. The van der Waals surface area contributed by atoms with E-state index in [0.29, 0.717) is 11.1 Å². The van der Waals surface area contributed by atoms with Crippen LogP contribution in [0.3, 0.4) is 0 Å². The molecule has 0 saturated carbocycles. The van der Waals surface area contributed by atoms with E-state index in [1.54, 1.807) is 0 Å². The summed E-state index contributed by atoms with van der Waals surface area (Å²) >= 11 is 0. The van der Waals surface area contributed by atoms with Gasteiger partial charge in [0.1, 0.15) is 0 Å². The maximum Gasteiger partial charge on any atom is 0.252 e. The molecule has 2 aliphatic rings. The third-order valence-corrected chi connectivity index (χ3v) is 15.5. The van der Waals surface area contributed by atoms with E-state index in [1.165, 1.54) is 66.5 Å². The Hall–Kier alpha value is -7.60. The summed E-state index contributed by atoms with van der Waals surface area (Å²) in [4.78, 5) is 5.17. The molecule has 0 fully saturated rings. The molecule has 10 rings (SSSR count). The summed E-state index contributed by atoms with van der Waals surface area (Å²) in [6, 6.07) is 59.0. The van der Waals surface area contributed by atoms with E-state index in [1.807, 2.05) is 24.3 Å². The minimum Gasteiger partial charge on any atom is -0.311 e. The lowest BCUT2D eigenvalue weighted by molar-refractivity contribution is 0.568. The van der Waals surface area contributed by atoms with Gasteiger partial charge in [-0.15, -0.1) is 0 Å². The summed E-state index contributed by atoms with van der Waals surface area (Å²) in [5.41, 5.74) is 27.1. The molecule has 0 bridgehead atoms. The molecule has 0 N–H and O–H groups in total. The maximum atomic E-state index is 9.82. The molecule has 0 atom stereocenters. The minimum atomic E-state index is -0.177. The molecule has 2 aliphatic heterocycles. The molecule has 368 valence electrons. The van der Waals surface area contributed by atoms with Gasteiger partial charge in [0, 0.05) is 34.1 Å². The molecule has 0 spiro atoms. The van der Waals surface area contributed by atoms with E-state index >= 15 is 0 Å². The van der Waals surface area contributed by atoms with Gasteiger partial charge in [0.2, 0.25) is 0 Å². The molecule has 0 aromatic heterocycles. The van der Waals surface area contributed by atoms with Crippen molar-refractivity contribution in [3.63, 3.8) is 0 Å².